The van der Waals surface area contributed by atoms with Crippen LogP contribution < -0.4 is 19.9 Å². The number of hydrogen-bond acceptors (Lipinski definition) is 7. The Balaban J connectivity index is 1.57. The molecular formula is C33H36ClN3O7. The zero-order valence-corrected chi connectivity index (χ0v) is 25.8. The highest BCUT2D eigenvalue weighted by Gasteiger charge is 2.35. The molecule has 0 saturated heterocycles. The van der Waals surface area contributed by atoms with E-state index in [0.717, 1.165) is 16.8 Å². The van der Waals surface area contributed by atoms with Gasteiger partial charge in [-0.3, -0.25) is 9.89 Å². The summed E-state index contributed by atoms with van der Waals surface area (Å²) >= 11 is 6.55. The fourth-order valence-corrected chi connectivity index (χ4v) is 5.78. The fraction of sp³-hybridized carbons (Fsp3) is 0.333. The molecule has 0 unspecified atom stereocenters. The van der Waals surface area contributed by atoms with Crippen LogP contribution in [0.25, 0.3) is 5.69 Å². The molecule has 1 aromatic heterocycles. The van der Waals surface area contributed by atoms with Gasteiger partial charge in [0.25, 0.3) is 5.56 Å². The number of carboxylic acids is 1. The number of methoxy groups -OCH3 is 2. The smallest absolute Gasteiger partial charge is 0.335 e. The summed E-state index contributed by atoms with van der Waals surface area (Å²) in [5.74, 6) is 0.0600. The maximum Gasteiger partial charge on any atom is 0.335 e. The van der Waals surface area contributed by atoms with Crippen molar-refractivity contribution in [2.75, 3.05) is 38.8 Å². The number of hydrogen-bond donors (Lipinski definition) is 3. The molecule has 0 saturated carbocycles. The molecule has 0 amide bonds. The summed E-state index contributed by atoms with van der Waals surface area (Å²) in [6.07, 6.45) is -0.661. The summed E-state index contributed by atoms with van der Waals surface area (Å²) in [6, 6.07) is 18.9. The van der Waals surface area contributed by atoms with Gasteiger partial charge < -0.3 is 29.3 Å². The molecule has 3 aromatic carbocycles. The molecule has 4 aromatic rings. The van der Waals surface area contributed by atoms with Crippen LogP contribution in [-0.4, -0.2) is 66.0 Å². The number of benzene rings is 3. The molecule has 2 atom stereocenters. The average Bonchev–Trinajstić information content (AvgIpc) is 3.31. The fourth-order valence-electron chi connectivity index (χ4n) is 5.60. The predicted molar refractivity (Wildman–Crippen MR) is 168 cm³/mol. The first-order valence-electron chi connectivity index (χ1n) is 14.2. The van der Waals surface area contributed by atoms with Gasteiger partial charge in [0.05, 0.1) is 31.6 Å². The number of carbonyl (C=O) groups is 1. The molecule has 11 heteroatoms. The third kappa shape index (κ3) is 6.47. The summed E-state index contributed by atoms with van der Waals surface area (Å²) in [6.45, 7) is 4.98. The first-order valence-corrected chi connectivity index (χ1v) is 14.6. The third-order valence-corrected chi connectivity index (χ3v) is 7.96. The maximum atomic E-state index is 13.0. The third-order valence-electron chi connectivity index (χ3n) is 7.72. The topological polar surface area (TPSA) is 126 Å². The minimum atomic E-state index is -1.04. The van der Waals surface area contributed by atoms with Gasteiger partial charge in [-0.1, -0.05) is 37.6 Å². The molecule has 0 fully saturated rings. The number of aromatic nitrogens is 2. The van der Waals surface area contributed by atoms with Gasteiger partial charge in [-0.25, -0.2) is 9.48 Å². The number of ether oxygens (including phenoxy) is 3. The van der Waals surface area contributed by atoms with E-state index in [1.807, 2.05) is 50.2 Å². The van der Waals surface area contributed by atoms with Crippen LogP contribution in [0, 0.1) is 5.41 Å². The van der Waals surface area contributed by atoms with Crippen molar-refractivity contribution in [3.63, 3.8) is 0 Å². The largest absolute Gasteiger partial charge is 0.493 e. The van der Waals surface area contributed by atoms with Crippen molar-refractivity contribution >= 4 is 23.3 Å². The van der Waals surface area contributed by atoms with E-state index in [1.165, 1.54) is 22.9 Å². The van der Waals surface area contributed by atoms with E-state index < -0.39 is 23.6 Å². The minimum absolute atomic E-state index is 0.0120. The van der Waals surface area contributed by atoms with E-state index in [0.29, 0.717) is 47.4 Å². The molecule has 0 aliphatic carbocycles. The molecular weight excluding hydrogens is 586 g/mol. The Labute approximate surface area is 260 Å². The number of carboxylic acid groups (broad SMARTS) is 1. The normalized spacial score (nSPS) is 16.7. The van der Waals surface area contributed by atoms with E-state index in [9.17, 15) is 19.8 Å². The van der Waals surface area contributed by atoms with Crippen molar-refractivity contribution in [2.45, 2.75) is 32.5 Å². The quantitative estimate of drug-likeness (QED) is 0.224. The summed E-state index contributed by atoms with van der Waals surface area (Å²) < 4.78 is 19.7. The molecule has 5 rings (SSSR count). The molecule has 0 spiro atoms. The van der Waals surface area contributed by atoms with Crippen molar-refractivity contribution in [3.8, 4) is 17.2 Å². The summed E-state index contributed by atoms with van der Waals surface area (Å²) in [7, 11) is 3.17. The second kappa shape index (κ2) is 12.8. The van der Waals surface area contributed by atoms with E-state index in [1.54, 1.807) is 26.4 Å². The number of para-hydroxylation sites is 1. The number of aliphatic hydroxyl groups excluding tert-OH is 1. The Morgan fingerprint density at radius 2 is 1.82 bits per heavy atom. The number of aromatic amines is 1. The lowest BCUT2D eigenvalue weighted by atomic mass is 9.92. The zero-order chi connectivity index (χ0) is 31.6. The van der Waals surface area contributed by atoms with Gasteiger partial charge in [0.2, 0.25) is 0 Å². The number of anilines is 1. The average molecular weight is 622 g/mol. The number of aliphatic hydroxyl groups is 1. The molecule has 2 heterocycles. The number of fused-ring (bicyclic) bond motifs is 1. The molecule has 232 valence electrons. The Morgan fingerprint density at radius 3 is 2.48 bits per heavy atom. The molecule has 1 aliphatic rings. The lowest BCUT2D eigenvalue weighted by molar-refractivity contribution is 0.0151. The van der Waals surface area contributed by atoms with Crippen LogP contribution in [0.5, 0.6) is 11.5 Å². The first kappa shape index (κ1) is 31.2. The van der Waals surface area contributed by atoms with Crippen molar-refractivity contribution in [1.29, 1.82) is 0 Å². The molecule has 1 aliphatic heterocycles. The monoisotopic (exact) mass is 621 g/mol. The predicted octanol–water partition coefficient (Wildman–Crippen LogP) is 5.09. The lowest BCUT2D eigenvalue weighted by Crippen LogP contribution is -2.41. The highest BCUT2D eigenvalue weighted by atomic mass is 35.5. The van der Waals surface area contributed by atoms with Crippen LogP contribution in [0.15, 0.2) is 71.5 Å². The van der Waals surface area contributed by atoms with Gasteiger partial charge in [0.1, 0.15) is 6.10 Å². The maximum absolute atomic E-state index is 13.0. The van der Waals surface area contributed by atoms with Crippen LogP contribution in [0.3, 0.4) is 0 Å². The lowest BCUT2D eigenvalue weighted by Gasteiger charge is -2.34. The van der Waals surface area contributed by atoms with Crippen LogP contribution >= 0.6 is 11.6 Å². The van der Waals surface area contributed by atoms with E-state index >= 15 is 0 Å². The van der Waals surface area contributed by atoms with Crippen LogP contribution in [0.2, 0.25) is 5.02 Å². The molecule has 3 N–H and O–H groups in total. The molecule has 44 heavy (non-hydrogen) atoms. The molecule has 10 nitrogen and oxygen atoms in total. The van der Waals surface area contributed by atoms with Gasteiger partial charge in [-0.15, -0.1) is 0 Å². The number of rotatable bonds is 10. The van der Waals surface area contributed by atoms with Gasteiger partial charge in [0.15, 0.2) is 11.5 Å². The van der Waals surface area contributed by atoms with E-state index in [2.05, 4.69) is 10.00 Å². The van der Waals surface area contributed by atoms with Gasteiger partial charge in [0, 0.05) is 65.1 Å². The highest BCUT2D eigenvalue weighted by Crippen LogP contribution is 2.45. The first-order chi connectivity index (χ1) is 21.0. The number of nitrogens with zero attached hydrogens (tertiary/aromatic N) is 2. The second-order valence-electron chi connectivity index (χ2n) is 11.6. The Morgan fingerprint density at radius 1 is 1.07 bits per heavy atom. The number of halogens is 1. The van der Waals surface area contributed by atoms with Gasteiger partial charge in [-0.05, 0) is 48.5 Å². The minimum Gasteiger partial charge on any atom is -0.493 e. The number of H-pyrrole nitrogens is 1. The Bertz CT molecular complexity index is 1700. The van der Waals surface area contributed by atoms with Crippen LogP contribution in [0.4, 0.5) is 5.69 Å². The summed E-state index contributed by atoms with van der Waals surface area (Å²) in [5.41, 5.74) is 3.09. The van der Waals surface area contributed by atoms with Gasteiger partial charge in [-0.2, -0.15) is 0 Å². The Hall–Kier alpha value is -4.25. The van der Waals surface area contributed by atoms with E-state index in [4.69, 9.17) is 25.8 Å². The highest BCUT2D eigenvalue weighted by molar-refractivity contribution is 6.30. The number of nitrogens with one attached hydrogen (secondary N) is 1. The van der Waals surface area contributed by atoms with Crippen molar-refractivity contribution in [2.24, 2.45) is 5.41 Å². The van der Waals surface area contributed by atoms with Crippen LogP contribution in [0.1, 0.15) is 47.1 Å². The standard InChI is InChI=1S/C33H36ClN3O7/c1-33(2,19-38)18-36-17-24(15-22-16-29(39)37(35-22)23-11-8-20(9-12-23)32(40)41)44-30(26-14-21(34)10-13-27(26)36)25-6-5-7-28(42-3)31(25)43-4/h5-14,16,24,30,35,38H,15,17-19H2,1-4H3,(H,40,41)/t24-,30-/m1/s1. The van der Waals surface area contributed by atoms with E-state index in [-0.39, 0.29) is 17.7 Å². The van der Waals surface area contributed by atoms with Crippen molar-refractivity contribution in [3.05, 3.63) is 104 Å². The molecule has 0 bridgehead atoms. The van der Waals surface area contributed by atoms with Gasteiger partial charge >= 0.3 is 5.97 Å². The van der Waals surface area contributed by atoms with Crippen molar-refractivity contribution in [1.82, 2.24) is 9.78 Å². The Kier molecular flexibility index (Phi) is 9.05. The second-order valence-corrected chi connectivity index (χ2v) is 12.1. The van der Waals surface area contributed by atoms with Crippen molar-refractivity contribution < 1.29 is 29.2 Å². The number of aromatic carboxylic acids is 1. The SMILES string of the molecule is COc1cccc([C@H]2O[C@H](Cc3cc(=O)n(-c4ccc(C(=O)O)cc4)[nH]3)CN(CC(C)(C)CO)c3ccc(Cl)cc32)c1OC. The summed E-state index contributed by atoms with van der Waals surface area (Å²) in [5, 5.41) is 23.1. The molecule has 0 radical (unpaired) electrons. The zero-order valence-electron chi connectivity index (χ0n) is 25.0. The summed E-state index contributed by atoms with van der Waals surface area (Å²) in [4.78, 5) is 26.5. The van der Waals surface area contributed by atoms with Crippen LogP contribution in [-0.2, 0) is 11.2 Å².